The molecule has 2 aromatic heterocycles. The number of ketones is 1. The first-order chi connectivity index (χ1) is 16.3. The van der Waals surface area contributed by atoms with E-state index in [0.29, 0.717) is 21.8 Å². The number of amides is 1. The molecule has 3 saturated carbocycles. The molecule has 3 fully saturated rings. The Morgan fingerprint density at radius 3 is 2.88 bits per heavy atom. The van der Waals surface area contributed by atoms with E-state index in [1.165, 1.54) is 28.2 Å². The van der Waals surface area contributed by atoms with Crippen molar-refractivity contribution in [3.8, 4) is 0 Å². The molecular weight excluding hydrogens is 466 g/mol. The first-order valence-corrected chi connectivity index (χ1v) is 13.8. The van der Waals surface area contributed by atoms with Crippen molar-refractivity contribution in [2.45, 2.75) is 58.0 Å². The minimum absolute atomic E-state index is 0.0284. The van der Waals surface area contributed by atoms with Gasteiger partial charge in [0.15, 0.2) is 10.9 Å². The van der Waals surface area contributed by atoms with Crippen LogP contribution < -0.4 is 5.32 Å². The molecule has 7 unspecified atom stereocenters. The Kier molecular flexibility index (Phi) is 5.21. The third kappa shape index (κ3) is 3.29. The van der Waals surface area contributed by atoms with Gasteiger partial charge in [-0.15, -0.1) is 22.7 Å². The van der Waals surface area contributed by atoms with Crippen LogP contribution in [0.2, 0.25) is 0 Å². The molecule has 178 valence electrons. The number of nitrogens with zero attached hydrogens (tertiary/aromatic N) is 2. The highest BCUT2D eigenvalue weighted by Crippen LogP contribution is 2.67. The second kappa shape index (κ2) is 7.93. The zero-order valence-electron chi connectivity index (χ0n) is 19.4. The zero-order chi connectivity index (χ0) is 23.7. The average Bonchev–Trinajstić information content (AvgIpc) is 3.53. The monoisotopic (exact) mass is 495 g/mol. The van der Waals surface area contributed by atoms with Crippen LogP contribution in [0.25, 0.3) is 0 Å². The van der Waals surface area contributed by atoms with Gasteiger partial charge in [0, 0.05) is 22.6 Å². The van der Waals surface area contributed by atoms with Gasteiger partial charge < -0.3 is 5.11 Å². The Bertz CT molecular complexity index is 1200. The van der Waals surface area contributed by atoms with Gasteiger partial charge in [0.2, 0.25) is 0 Å². The summed E-state index contributed by atoms with van der Waals surface area (Å²) in [6.45, 7) is 4.56. The number of hydrogen-bond acceptors (Lipinski definition) is 7. The number of aliphatic hydroxyl groups excluding tert-OH is 1. The van der Waals surface area contributed by atoms with E-state index in [4.69, 9.17) is 4.98 Å². The van der Waals surface area contributed by atoms with Crippen molar-refractivity contribution in [3.63, 3.8) is 0 Å². The van der Waals surface area contributed by atoms with Gasteiger partial charge in [-0.05, 0) is 61.5 Å². The van der Waals surface area contributed by atoms with Crippen molar-refractivity contribution < 1.29 is 14.7 Å². The van der Waals surface area contributed by atoms with E-state index in [1.54, 1.807) is 17.8 Å². The lowest BCUT2D eigenvalue weighted by molar-refractivity contribution is -0.115. The molecule has 4 aliphatic carbocycles. The molecule has 6 rings (SSSR count). The second-order valence-corrected chi connectivity index (χ2v) is 12.6. The van der Waals surface area contributed by atoms with Crippen molar-refractivity contribution in [3.05, 3.63) is 51.5 Å². The van der Waals surface area contributed by atoms with Gasteiger partial charge in [0.05, 0.1) is 23.5 Å². The number of carbonyl (C=O) groups excluding carboxylic acids is 2. The fourth-order valence-corrected chi connectivity index (χ4v) is 9.08. The Morgan fingerprint density at radius 2 is 2.09 bits per heavy atom. The minimum atomic E-state index is -0.414. The van der Waals surface area contributed by atoms with Crippen molar-refractivity contribution in [1.29, 1.82) is 0 Å². The first-order valence-electron chi connectivity index (χ1n) is 12.1. The van der Waals surface area contributed by atoms with Crippen molar-refractivity contribution in [2.24, 2.45) is 28.6 Å². The van der Waals surface area contributed by atoms with E-state index in [0.717, 1.165) is 37.8 Å². The normalized spacial score (nSPS) is 38.6. The molecule has 0 aromatic carbocycles. The molecule has 2 heterocycles. The molecule has 2 N–H and O–H groups in total. The number of hydrogen-bond donors (Lipinski definition) is 2. The lowest BCUT2D eigenvalue weighted by atomic mass is 9.47. The van der Waals surface area contributed by atoms with E-state index in [1.807, 2.05) is 6.08 Å². The number of aromatic nitrogens is 2. The summed E-state index contributed by atoms with van der Waals surface area (Å²) in [4.78, 5) is 33.8. The highest BCUT2D eigenvalue weighted by atomic mass is 32.1. The lowest BCUT2D eigenvalue weighted by Gasteiger charge is -2.58. The number of anilines is 1. The van der Waals surface area contributed by atoms with E-state index < -0.39 is 6.10 Å². The molecule has 0 aliphatic heterocycles. The molecule has 7 atom stereocenters. The van der Waals surface area contributed by atoms with Crippen LogP contribution in [0.15, 0.2) is 40.9 Å². The summed E-state index contributed by atoms with van der Waals surface area (Å²) in [6.07, 6.45) is 11.6. The van der Waals surface area contributed by atoms with Crippen molar-refractivity contribution in [2.75, 3.05) is 5.32 Å². The maximum Gasteiger partial charge on any atom is 0.269 e. The molecule has 0 radical (unpaired) electrons. The van der Waals surface area contributed by atoms with E-state index in [9.17, 15) is 14.7 Å². The molecule has 2 aromatic rings. The lowest BCUT2D eigenvalue weighted by Crippen LogP contribution is -2.55. The smallest absolute Gasteiger partial charge is 0.269 e. The molecule has 0 bridgehead atoms. The van der Waals surface area contributed by atoms with Gasteiger partial charge in [0.25, 0.3) is 5.91 Å². The van der Waals surface area contributed by atoms with Crippen LogP contribution in [0.4, 0.5) is 5.13 Å². The number of rotatable bonds is 3. The number of aliphatic hydroxyl groups is 1. The average molecular weight is 496 g/mol. The fraction of sp³-hybridized carbons (Fsp3) is 0.538. The predicted molar refractivity (Wildman–Crippen MR) is 133 cm³/mol. The molecule has 1 amide bonds. The molecule has 6 nitrogen and oxygen atoms in total. The van der Waals surface area contributed by atoms with Gasteiger partial charge in [-0.25, -0.2) is 4.98 Å². The maximum atomic E-state index is 12.4. The summed E-state index contributed by atoms with van der Waals surface area (Å²) in [5.41, 5.74) is 3.61. The molecule has 0 spiro atoms. The molecule has 4 aliphatic rings. The largest absolute Gasteiger partial charge is 0.393 e. The number of carbonyl (C=O) groups is 2. The van der Waals surface area contributed by atoms with Gasteiger partial charge in [0.1, 0.15) is 4.88 Å². The predicted octanol–water partition coefficient (Wildman–Crippen LogP) is 5.21. The summed E-state index contributed by atoms with van der Waals surface area (Å²) in [5, 5.41) is 17.2. The summed E-state index contributed by atoms with van der Waals surface area (Å²) >= 11 is 2.78. The van der Waals surface area contributed by atoms with E-state index >= 15 is 0 Å². The minimum Gasteiger partial charge on any atom is -0.393 e. The van der Waals surface area contributed by atoms with Gasteiger partial charge in [-0.3, -0.25) is 19.9 Å². The second-order valence-electron chi connectivity index (χ2n) is 10.8. The van der Waals surface area contributed by atoms with E-state index in [-0.39, 0.29) is 34.4 Å². The Hall–Kier alpha value is -2.16. The maximum absolute atomic E-state index is 12.4. The van der Waals surface area contributed by atoms with Crippen LogP contribution in [0.1, 0.15) is 67.2 Å². The standard InChI is InChI=1S/C26H29N3O3S2/c1-25-8-7-15(30)9-14(25)3-4-16-17-5-6-18(26(17,2)10-20(31)22(16)25)19-12-33-24(28-19)29-23(32)21-11-27-13-34-21/h7-9,11-13,16-18,20,22,31H,3-6,10H2,1-2H3,(H,28,29,32). The van der Waals surface area contributed by atoms with Crippen LogP contribution in [-0.2, 0) is 4.79 Å². The zero-order valence-corrected chi connectivity index (χ0v) is 21.0. The fourth-order valence-electron chi connectivity index (χ4n) is 7.80. The van der Waals surface area contributed by atoms with Crippen LogP contribution in [-0.4, -0.2) is 32.9 Å². The van der Waals surface area contributed by atoms with Crippen LogP contribution in [0.3, 0.4) is 0 Å². The highest BCUT2D eigenvalue weighted by molar-refractivity contribution is 7.14. The van der Waals surface area contributed by atoms with Crippen LogP contribution in [0.5, 0.6) is 0 Å². The molecule has 34 heavy (non-hydrogen) atoms. The van der Waals surface area contributed by atoms with Gasteiger partial charge in [-0.1, -0.05) is 25.5 Å². The van der Waals surface area contributed by atoms with Crippen molar-refractivity contribution in [1.82, 2.24) is 9.97 Å². The molecule has 0 saturated heterocycles. The first kappa shape index (κ1) is 22.3. The number of fused-ring (bicyclic) bond motifs is 5. The third-order valence-electron chi connectivity index (χ3n) is 9.25. The molecule has 8 heteroatoms. The summed E-state index contributed by atoms with van der Waals surface area (Å²) in [7, 11) is 0. The van der Waals surface area contributed by atoms with Crippen molar-refractivity contribution >= 4 is 39.5 Å². The Balaban J connectivity index is 1.26. The number of thiazole rings is 2. The highest BCUT2D eigenvalue weighted by Gasteiger charge is 2.62. The topological polar surface area (TPSA) is 92.2 Å². The molecular formula is C26H29N3O3S2. The van der Waals surface area contributed by atoms with E-state index in [2.05, 4.69) is 35.6 Å². The Morgan fingerprint density at radius 1 is 1.24 bits per heavy atom. The summed E-state index contributed by atoms with van der Waals surface area (Å²) in [6, 6.07) is 0. The number of allylic oxidation sites excluding steroid dienone is 4. The van der Waals surface area contributed by atoms with Gasteiger partial charge in [-0.2, -0.15) is 0 Å². The number of nitrogens with one attached hydrogen (secondary N) is 1. The summed E-state index contributed by atoms with van der Waals surface area (Å²) in [5.74, 6) is 1.28. The summed E-state index contributed by atoms with van der Waals surface area (Å²) < 4.78 is 0. The van der Waals surface area contributed by atoms with Crippen LogP contribution in [0, 0.1) is 28.6 Å². The van der Waals surface area contributed by atoms with Gasteiger partial charge >= 0.3 is 0 Å². The third-order valence-corrected chi connectivity index (χ3v) is 10.8. The van der Waals surface area contributed by atoms with Crippen LogP contribution >= 0.6 is 22.7 Å². The Labute approximate surface area is 207 Å². The SMILES string of the molecule is CC12C=CC(=O)C=C1CCC1C2C(O)CC2(C)C(c3csc(NC(=O)c4cncs4)n3)CCC12. The quantitative estimate of drug-likeness (QED) is 0.610.